The third-order valence-corrected chi connectivity index (χ3v) is 4.38. The molecule has 1 heterocycles. The maximum absolute atomic E-state index is 10.8. The molecule has 0 fully saturated rings. The van der Waals surface area contributed by atoms with Crippen LogP contribution >= 0.6 is 0 Å². The first-order valence-electron chi connectivity index (χ1n) is 8.80. The van der Waals surface area contributed by atoms with Gasteiger partial charge in [-0.3, -0.25) is 4.79 Å². The molecule has 0 aliphatic heterocycles. The van der Waals surface area contributed by atoms with Crippen molar-refractivity contribution in [1.82, 2.24) is 14.9 Å². The highest BCUT2D eigenvalue weighted by atomic mass is 16.1. The molecule has 0 aliphatic carbocycles. The van der Waals surface area contributed by atoms with Crippen LogP contribution in [0.15, 0.2) is 24.3 Å². The molecule has 2 aromatic rings. The molecular weight excluding hydrogens is 286 g/mol. The second kappa shape index (κ2) is 8.70. The zero-order valence-electron chi connectivity index (χ0n) is 14.6. The second-order valence-electron chi connectivity index (χ2n) is 6.43. The number of aromatic nitrogens is 2. The van der Waals surface area contributed by atoms with Crippen LogP contribution in [0.25, 0.3) is 11.0 Å². The normalized spacial score (nSPS) is 12.5. The number of hydrogen-bond donors (Lipinski definition) is 1. The average molecular weight is 315 g/mol. The Morgan fingerprint density at radius 1 is 1.26 bits per heavy atom. The molecule has 0 unspecified atom stereocenters. The Bertz CT molecular complexity index is 633. The zero-order chi connectivity index (χ0) is 16.7. The van der Waals surface area contributed by atoms with Crippen molar-refractivity contribution < 1.29 is 4.79 Å². The molecule has 2 rings (SSSR count). The predicted octanol–water partition coefficient (Wildman–Crippen LogP) is 3.93. The summed E-state index contributed by atoms with van der Waals surface area (Å²) in [6, 6.07) is 8.42. The summed E-state index contributed by atoms with van der Waals surface area (Å²) in [7, 11) is 0. The smallest absolute Gasteiger partial charge is 0.216 e. The van der Waals surface area contributed by atoms with Gasteiger partial charge in [0.05, 0.1) is 11.0 Å². The average Bonchev–Trinajstić information content (AvgIpc) is 2.88. The Morgan fingerprint density at radius 2 is 2.04 bits per heavy atom. The van der Waals surface area contributed by atoms with Gasteiger partial charge in [-0.15, -0.1) is 0 Å². The van der Waals surface area contributed by atoms with E-state index in [4.69, 9.17) is 4.98 Å². The molecule has 1 atom stereocenters. The first kappa shape index (κ1) is 17.5. The first-order valence-corrected chi connectivity index (χ1v) is 8.80. The molecule has 0 spiro atoms. The van der Waals surface area contributed by atoms with E-state index in [2.05, 4.69) is 48.0 Å². The molecule has 126 valence electrons. The molecule has 1 N–H and O–H groups in total. The highest BCUT2D eigenvalue weighted by Crippen LogP contribution is 2.20. The van der Waals surface area contributed by atoms with Gasteiger partial charge in [0.1, 0.15) is 5.82 Å². The summed E-state index contributed by atoms with van der Waals surface area (Å²) in [6.45, 7) is 7.92. The van der Waals surface area contributed by atoms with Crippen LogP contribution in [0.3, 0.4) is 0 Å². The first-order chi connectivity index (χ1) is 11.1. The van der Waals surface area contributed by atoms with Gasteiger partial charge < -0.3 is 9.88 Å². The largest absolute Gasteiger partial charge is 0.356 e. The van der Waals surface area contributed by atoms with Gasteiger partial charge in [0, 0.05) is 26.4 Å². The second-order valence-corrected chi connectivity index (χ2v) is 6.43. The van der Waals surface area contributed by atoms with Gasteiger partial charge in [-0.2, -0.15) is 0 Å². The van der Waals surface area contributed by atoms with Gasteiger partial charge in [0.15, 0.2) is 0 Å². The van der Waals surface area contributed by atoms with Crippen molar-refractivity contribution in [2.75, 3.05) is 6.54 Å². The lowest BCUT2D eigenvalue weighted by molar-refractivity contribution is -0.118. The summed E-state index contributed by atoms with van der Waals surface area (Å²) in [4.78, 5) is 15.7. The summed E-state index contributed by atoms with van der Waals surface area (Å²) >= 11 is 0. The van der Waals surface area contributed by atoms with Crippen molar-refractivity contribution in [3.63, 3.8) is 0 Å². The number of nitrogens with zero attached hydrogens (tertiary/aromatic N) is 2. The molecule has 1 amide bonds. The fraction of sp³-hybridized carbons (Fsp3) is 0.579. The zero-order valence-corrected chi connectivity index (χ0v) is 14.6. The van der Waals surface area contributed by atoms with Crippen molar-refractivity contribution in [3.05, 3.63) is 30.1 Å². The highest BCUT2D eigenvalue weighted by Gasteiger charge is 2.12. The van der Waals surface area contributed by atoms with Crippen LogP contribution in [0.4, 0.5) is 0 Å². The molecule has 4 heteroatoms. The summed E-state index contributed by atoms with van der Waals surface area (Å²) in [5.74, 6) is 1.91. The number of unbranched alkanes of at least 4 members (excludes halogenated alkanes) is 2. The number of hydrogen-bond acceptors (Lipinski definition) is 2. The van der Waals surface area contributed by atoms with Crippen LogP contribution in [0.1, 0.15) is 52.3 Å². The maximum atomic E-state index is 10.8. The van der Waals surface area contributed by atoms with E-state index < -0.39 is 0 Å². The lowest BCUT2D eigenvalue weighted by Crippen LogP contribution is -2.20. The standard InChI is InChI=1S/C19H29N3O/c1-4-15(2)14-22-18-11-8-7-10-17(18)21-19(22)12-6-5-9-13-20-16(3)23/h7-8,10-11,15H,4-6,9,12-14H2,1-3H3,(H,20,23)/t15-/m0/s1. The Morgan fingerprint density at radius 3 is 2.78 bits per heavy atom. The molecule has 0 radical (unpaired) electrons. The van der Waals surface area contributed by atoms with E-state index in [-0.39, 0.29) is 5.91 Å². The number of nitrogens with one attached hydrogen (secondary N) is 1. The summed E-state index contributed by atoms with van der Waals surface area (Å²) in [5.41, 5.74) is 2.35. The van der Waals surface area contributed by atoms with Gasteiger partial charge in [-0.05, 0) is 30.9 Å². The number of rotatable bonds is 9. The van der Waals surface area contributed by atoms with Crippen molar-refractivity contribution in [2.45, 2.75) is 59.4 Å². The number of carbonyl (C=O) groups excluding carboxylic acids is 1. The van der Waals surface area contributed by atoms with Crippen LogP contribution in [-0.4, -0.2) is 22.0 Å². The third-order valence-electron chi connectivity index (χ3n) is 4.38. The molecule has 0 bridgehead atoms. The van der Waals surface area contributed by atoms with Gasteiger partial charge in [-0.25, -0.2) is 4.98 Å². The molecule has 4 nitrogen and oxygen atoms in total. The van der Waals surface area contributed by atoms with Crippen molar-refractivity contribution in [3.8, 4) is 0 Å². The minimum Gasteiger partial charge on any atom is -0.356 e. The Hall–Kier alpha value is -1.84. The number of aryl methyl sites for hydroxylation is 1. The number of amides is 1. The lowest BCUT2D eigenvalue weighted by Gasteiger charge is -2.14. The molecule has 23 heavy (non-hydrogen) atoms. The monoisotopic (exact) mass is 315 g/mol. The molecule has 1 aromatic carbocycles. The number of imidazole rings is 1. The Labute approximate surface area is 139 Å². The van der Waals surface area contributed by atoms with E-state index in [9.17, 15) is 4.79 Å². The van der Waals surface area contributed by atoms with E-state index in [1.54, 1.807) is 6.92 Å². The van der Waals surface area contributed by atoms with Crippen molar-refractivity contribution in [1.29, 1.82) is 0 Å². The minimum absolute atomic E-state index is 0.0559. The van der Waals surface area contributed by atoms with Crippen LogP contribution in [0.2, 0.25) is 0 Å². The molecular formula is C19H29N3O. The fourth-order valence-electron chi connectivity index (χ4n) is 2.81. The van der Waals surface area contributed by atoms with Gasteiger partial charge in [0.25, 0.3) is 0 Å². The Balaban J connectivity index is 1.98. The van der Waals surface area contributed by atoms with E-state index in [0.29, 0.717) is 5.92 Å². The van der Waals surface area contributed by atoms with Crippen molar-refractivity contribution >= 4 is 16.9 Å². The van der Waals surface area contributed by atoms with E-state index in [0.717, 1.165) is 44.3 Å². The number of carbonyl (C=O) groups is 1. The predicted molar refractivity (Wildman–Crippen MR) is 95.4 cm³/mol. The third kappa shape index (κ3) is 5.08. The number of para-hydroxylation sites is 2. The number of benzene rings is 1. The van der Waals surface area contributed by atoms with Gasteiger partial charge in [-0.1, -0.05) is 38.8 Å². The molecule has 0 aliphatic rings. The molecule has 0 saturated carbocycles. The van der Waals surface area contributed by atoms with Crippen LogP contribution in [0.5, 0.6) is 0 Å². The lowest BCUT2D eigenvalue weighted by atomic mass is 10.1. The van der Waals surface area contributed by atoms with Gasteiger partial charge in [0.2, 0.25) is 5.91 Å². The van der Waals surface area contributed by atoms with E-state index in [1.165, 1.54) is 17.8 Å². The molecule has 0 saturated heterocycles. The van der Waals surface area contributed by atoms with Crippen LogP contribution < -0.4 is 5.32 Å². The maximum Gasteiger partial charge on any atom is 0.216 e. The van der Waals surface area contributed by atoms with Crippen LogP contribution in [-0.2, 0) is 17.8 Å². The van der Waals surface area contributed by atoms with Crippen molar-refractivity contribution in [2.24, 2.45) is 5.92 Å². The van der Waals surface area contributed by atoms with E-state index >= 15 is 0 Å². The number of fused-ring (bicyclic) bond motifs is 1. The van der Waals surface area contributed by atoms with Gasteiger partial charge >= 0.3 is 0 Å². The summed E-state index contributed by atoms with van der Waals surface area (Å²) in [6.07, 6.45) is 5.45. The summed E-state index contributed by atoms with van der Waals surface area (Å²) < 4.78 is 2.40. The van der Waals surface area contributed by atoms with E-state index in [1.807, 2.05) is 0 Å². The fourth-order valence-corrected chi connectivity index (χ4v) is 2.81. The summed E-state index contributed by atoms with van der Waals surface area (Å²) in [5, 5.41) is 2.85. The quantitative estimate of drug-likeness (QED) is 0.713. The SMILES string of the molecule is CC[C@H](C)Cn1c(CCCCCNC(C)=O)nc2ccccc21. The highest BCUT2D eigenvalue weighted by molar-refractivity contribution is 5.75. The molecule has 1 aromatic heterocycles. The Kier molecular flexibility index (Phi) is 6.63. The topological polar surface area (TPSA) is 46.9 Å². The van der Waals surface area contributed by atoms with Crippen LogP contribution in [0, 0.1) is 5.92 Å². The minimum atomic E-state index is 0.0559.